The molecule has 0 atom stereocenters. The minimum absolute atomic E-state index is 0.102. The zero-order valence-corrected chi connectivity index (χ0v) is 13.1. The number of halogens is 5. The molecule has 9 heteroatoms. The second-order valence-corrected chi connectivity index (χ2v) is 5.20. The number of benzene rings is 2. The molecule has 0 aliphatic rings. The van der Waals surface area contributed by atoms with Crippen LogP contribution in [0, 0.1) is 5.82 Å². The molecular weight excluding hydrogens is 366 g/mol. The topological polar surface area (TPSA) is 55.4 Å². The lowest BCUT2D eigenvalue weighted by Gasteiger charge is -2.13. The molecule has 132 valence electrons. The van der Waals surface area contributed by atoms with Crippen molar-refractivity contribution >= 4 is 29.2 Å². The van der Waals surface area contributed by atoms with Gasteiger partial charge in [-0.3, -0.25) is 4.79 Å². The van der Waals surface area contributed by atoms with E-state index in [1.54, 1.807) is 0 Å². The fourth-order valence-electron chi connectivity index (χ4n) is 1.86. The number of nitrogens with one attached hydrogen (secondary N) is 1. The van der Waals surface area contributed by atoms with Crippen molar-refractivity contribution in [3.8, 4) is 0 Å². The molecule has 0 radical (unpaired) electrons. The Hall–Kier alpha value is -2.61. The van der Waals surface area contributed by atoms with Gasteiger partial charge in [0.15, 0.2) is 6.61 Å². The Morgan fingerprint density at radius 3 is 2.44 bits per heavy atom. The fraction of sp³-hybridized carbons (Fsp3) is 0.125. The highest BCUT2D eigenvalue weighted by Crippen LogP contribution is 2.34. The Morgan fingerprint density at radius 1 is 1.12 bits per heavy atom. The van der Waals surface area contributed by atoms with Crippen LogP contribution in [0.25, 0.3) is 0 Å². The molecule has 2 rings (SSSR count). The van der Waals surface area contributed by atoms with E-state index >= 15 is 0 Å². The lowest BCUT2D eigenvalue weighted by Crippen LogP contribution is -2.22. The van der Waals surface area contributed by atoms with Crippen molar-refractivity contribution in [2.45, 2.75) is 6.18 Å². The fourth-order valence-corrected chi connectivity index (χ4v) is 2.04. The van der Waals surface area contributed by atoms with Crippen LogP contribution in [-0.2, 0) is 15.7 Å². The number of anilines is 1. The Kier molecular flexibility index (Phi) is 5.63. The third-order valence-electron chi connectivity index (χ3n) is 3.00. The highest BCUT2D eigenvalue weighted by molar-refractivity contribution is 6.31. The molecule has 0 heterocycles. The van der Waals surface area contributed by atoms with Crippen LogP contribution in [0.4, 0.5) is 23.2 Å². The first-order chi connectivity index (χ1) is 11.7. The second kappa shape index (κ2) is 7.52. The summed E-state index contributed by atoms with van der Waals surface area (Å²) in [5.41, 5.74) is -1.59. The molecular formula is C16H10ClF4NO3. The van der Waals surface area contributed by atoms with Gasteiger partial charge in [-0.2, -0.15) is 13.2 Å². The van der Waals surface area contributed by atoms with E-state index in [4.69, 9.17) is 11.6 Å². The van der Waals surface area contributed by atoms with Crippen molar-refractivity contribution in [1.29, 1.82) is 0 Å². The average molecular weight is 376 g/mol. The van der Waals surface area contributed by atoms with E-state index in [-0.39, 0.29) is 10.6 Å². The zero-order chi connectivity index (χ0) is 18.6. The van der Waals surface area contributed by atoms with E-state index < -0.39 is 41.7 Å². The molecule has 0 saturated heterocycles. The second-order valence-electron chi connectivity index (χ2n) is 4.80. The predicted octanol–water partition coefficient (Wildman–Crippen LogP) is 4.29. The van der Waals surface area contributed by atoms with Gasteiger partial charge in [-0.25, -0.2) is 9.18 Å². The third kappa shape index (κ3) is 4.93. The van der Waals surface area contributed by atoms with E-state index in [1.807, 2.05) is 5.32 Å². The van der Waals surface area contributed by atoms with E-state index in [9.17, 15) is 27.2 Å². The van der Waals surface area contributed by atoms with Gasteiger partial charge in [0.2, 0.25) is 0 Å². The summed E-state index contributed by atoms with van der Waals surface area (Å²) in [4.78, 5) is 23.4. The quantitative estimate of drug-likeness (QED) is 0.640. The summed E-state index contributed by atoms with van der Waals surface area (Å²) < 4.78 is 56.2. The lowest BCUT2D eigenvalue weighted by atomic mass is 10.1. The summed E-state index contributed by atoms with van der Waals surface area (Å²) in [5, 5.41) is 1.71. The van der Waals surface area contributed by atoms with E-state index in [1.165, 1.54) is 12.1 Å². The van der Waals surface area contributed by atoms with Crippen molar-refractivity contribution in [1.82, 2.24) is 0 Å². The number of esters is 1. The van der Waals surface area contributed by atoms with Crippen molar-refractivity contribution in [3.63, 3.8) is 0 Å². The molecule has 1 N–H and O–H groups in total. The molecule has 0 bridgehead atoms. The predicted molar refractivity (Wildman–Crippen MR) is 81.8 cm³/mol. The SMILES string of the molecule is O=C(COC(=O)c1ccc(F)c(Cl)c1)Nc1ccccc1C(F)(F)F. The summed E-state index contributed by atoms with van der Waals surface area (Å²) in [6.45, 7) is -0.819. The van der Waals surface area contributed by atoms with Crippen molar-refractivity contribution in [2.75, 3.05) is 11.9 Å². The zero-order valence-electron chi connectivity index (χ0n) is 12.4. The van der Waals surface area contributed by atoms with E-state index in [2.05, 4.69) is 4.74 Å². The van der Waals surface area contributed by atoms with Gasteiger partial charge >= 0.3 is 12.1 Å². The number of amides is 1. The van der Waals surface area contributed by atoms with Crippen molar-refractivity contribution < 1.29 is 31.9 Å². The molecule has 0 saturated carbocycles. The summed E-state index contributed by atoms with van der Waals surface area (Å²) in [6.07, 6.45) is -4.65. The van der Waals surface area contributed by atoms with Gasteiger partial charge in [-0.15, -0.1) is 0 Å². The summed E-state index contributed by atoms with van der Waals surface area (Å²) in [5.74, 6) is -2.67. The minimum Gasteiger partial charge on any atom is -0.452 e. The van der Waals surface area contributed by atoms with Gasteiger partial charge < -0.3 is 10.1 Å². The molecule has 0 aromatic heterocycles. The molecule has 0 spiro atoms. The molecule has 0 unspecified atom stereocenters. The highest BCUT2D eigenvalue weighted by atomic mass is 35.5. The maximum atomic E-state index is 13.0. The standard InChI is InChI=1S/C16H10ClF4NO3/c17-11-7-9(5-6-12(11)18)15(24)25-8-14(23)22-13-4-2-1-3-10(13)16(19,20)21/h1-7H,8H2,(H,22,23). The van der Waals surface area contributed by atoms with Crippen molar-refractivity contribution in [3.05, 3.63) is 64.4 Å². The Morgan fingerprint density at radius 2 is 1.80 bits per heavy atom. The Balaban J connectivity index is 1.99. The number of rotatable bonds is 4. The van der Waals surface area contributed by atoms with Crippen LogP contribution in [-0.4, -0.2) is 18.5 Å². The van der Waals surface area contributed by atoms with Gasteiger partial charge in [-0.1, -0.05) is 23.7 Å². The molecule has 0 aliphatic heterocycles. The van der Waals surface area contributed by atoms with Crippen LogP contribution < -0.4 is 5.32 Å². The highest BCUT2D eigenvalue weighted by Gasteiger charge is 2.33. The van der Waals surface area contributed by atoms with E-state index in [0.29, 0.717) is 0 Å². The molecule has 2 aromatic rings. The van der Waals surface area contributed by atoms with E-state index in [0.717, 1.165) is 30.3 Å². The Bertz CT molecular complexity index is 808. The lowest BCUT2D eigenvalue weighted by molar-refractivity contribution is -0.137. The maximum Gasteiger partial charge on any atom is 0.418 e. The first-order valence-corrected chi connectivity index (χ1v) is 7.14. The number of carbonyl (C=O) groups is 2. The van der Waals surface area contributed by atoms with Crippen LogP contribution in [0.15, 0.2) is 42.5 Å². The van der Waals surface area contributed by atoms with Gasteiger partial charge in [0, 0.05) is 0 Å². The monoisotopic (exact) mass is 375 g/mol. The number of carbonyl (C=O) groups excluding carboxylic acids is 2. The van der Waals surface area contributed by atoms with Crippen LogP contribution in [0.2, 0.25) is 5.02 Å². The normalized spacial score (nSPS) is 11.1. The first kappa shape index (κ1) is 18.7. The molecule has 0 aliphatic carbocycles. The average Bonchev–Trinajstić information content (AvgIpc) is 2.54. The number of hydrogen-bond donors (Lipinski definition) is 1. The molecule has 0 fully saturated rings. The van der Waals surface area contributed by atoms with Crippen LogP contribution in [0.1, 0.15) is 15.9 Å². The van der Waals surface area contributed by atoms with Crippen molar-refractivity contribution in [2.24, 2.45) is 0 Å². The molecule has 25 heavy (non-hydrogen) atoms. The first-order valence-electron chi connectivity index (χ1n) is 6.76. The number of hydrogen-bond acceptors (Lipinski definition) is 3. The summed E-state index contributed by atoms with van der Waals surface area (Å²) in [6, 6.07) is 7.42. The largest absolute Gasteiger partial charge is 0.452 e. The Labute approximate surface area is 144 Å². The van der Waals surface area contributed by atoms with Gasteiger partial charge in [0.1, 0.15) is 5.82 Å². The van der Waals surface area contributed by atoms with Crippen LogP contribution in [0.3, 0.4) is 0 Å². The third-order valence-corrected chi connectivity index (χ3v) is 3.29. The van der Waals surface area contributed by atoms with Gasteiger partial charge in [0.05, 0.1) is 21.8 Å². The number of ether oxygens (including phenoxy) is 1. The summed E-state index contributed by atoms with van der Waals surface area (Å²) >= 11 is 5.52. The molecule has 1 amide bonds. The number of alkyl halides is 3. The molecule has 2 aromatic carbocycles. The smallest absolute Gasteiger partial charge is 0.418 e. The van der Waals surface area contributed by atoms with Gasteiger partial charge in [0.25, 0.3) is 5.91 Å². The van der Waals surface area contributed by atoms with Gasteiger partial charge in [-0.05, 0) is 30.3 Å². The summed E-state index contributed by atoms with van der Waals surface area (Å²) in [7, 11) is 0. The van der Waals surface area contributed by atoms with Crippen LogP contribution >= 0.6 is 11.6 Å². The maximum absolute atomic E-state index is 13.0. The van der Waals surface area contributed by atoms with Crippen LogP contribution in [0.5, 0.6) is 0 Å². The number of para-hydroxylation sites is 1. The molecule has 4 nitrogen and oxygen atoms in total. The minimum atomic E-state index is -4.65.